The highest BCUT2D eigenvalue weighted by atomic mass is 16.5. The number of nitrogens with one attached hydrogen (secondary N) is 2. The highest BCUT2D eigenvalue weighted by Crippen LogP contribution is 2.29. The summed E-state index contributed by atoms with van der Waals surface area (Å²) in [7, 11) is 0. The van der Waals surface area contributed by atoms with Crippen LogP contribution in [-0.2, 0) is 23.9 Å². The SMILES string of the molecule is CCCCCCNC(=O)CCC(=O)[C@@H]1CC2C=C[C@@H](CC2)OCCC[C@H](C(=O)CO)[C@@H](CC(C)C)C(=O)N1. The van der Waals surface area contributed by atoms with E-state index in [-0.39, 0.29) is 54.2 Å². The van der Waals surface area contributed by atoms with Crippen molar-refractivity contribution in [2.45, 2.75) is 110 Å². The van der Waals surface area contributed by atoms with Crippen molar-refractivity contribution < 1.29 is 29.0 Å². The smallest absolute Gasteiger partial charge is 0.224 e. The number of allylic oxidation sites excluding steroid dienone is 1. The van der Waals surface area contributed by atoms with Gasteiger partial charge in [-0.15, -0.1) is 0 Å². The number of carbonyl (C=O) groups excluding carboxylic acids is 4. The zero-order chi connectivity index (χ0) is 27.9. The summed E-state index contributed by atoms with van der Waals surface area (Å²) in [5.41, 5.74) is 0. The summed E-state index contributed by atoms with van der Waals surface area (Å²) in [4.78, 5) is 52.0. The quantitative estimate of drug-likeness (QED) is 0.243. The topological polar surface area (TPSA) is 122 Å². The molecule has 3 N–H and O–H groups in total. The Morgan fingerprint density at radius 2 is 1.87 bits per heavy atom. The lowest BCUT2D eigenvalue weighted by atomic mass is 9.79. The highest BCUT2D eigenvalue weighted by molar-refractivity contribution is 5.94. The molecule has 1 unspecified atom stereocenters. The van der Waals surface area contributed by atoms with Crippen LogP contribution in [0.15, 0.2) is 12.2 Å². The molecule has 1 fully saturated rings. The molecule has 2 aliphatic heterocycles. The third-order valence-corrected chi connectivity index (χ3v) is 7.72. The Bertz CT molecular complexity index is 796. The van der Waals surface area contributed by atoms with Gasteiger partial charge in [0.25, 0.3) is 0 Å². The number of rotatable bonds is 13. The number of Topliss-reactive ketones (excluding diaryl/α,β-unsaturated/α-hetero) is 2. The molecule has 5 atom stereocenters. The van der Waals surface area contributed by atoms with Crippen LogP contribution in [0.25, 0.3) is 0 Å². The second-order valence-electron chi connectivity index (χ2n) is 11.4. The normalized spacial score (nSPS) is 26.6. The Morgan fingerprint density at radius 3 is 2.53 bits per heavy atom. The van der Waals surface area contributed by atoms with Gasteiger partial charge in [0.2, 0.25) is 11.8 Å². The molecule has 8 nitrogen and oxygen atoms in total. The van der Waals surface area contributed by atoms with Crippen LogP contribution in [-0.4, -0.2) is 60.4 Å². The molecule has 0 spiro atoms. The Balaban J connectivity index is 2.15. The van der Waals surface area contributed by atoms with Crippen molar-refractivity contribution in [2.75, 3.05) is 19.8 Å². The lowest BCUT2D eigenvalue weighted by Crippen LogP contribution is -2.48. The Labute approximate surface area is 228 Å². The van der Waals surface area contributed by atoms with E-state index < -0.39 is 24.5 Å². The molecule has 2 amide bonds. The maximum Gasteiger partial charge on any atom is 0.224 e. The molecule has 0 aromatic carbocycles. The van der Waals surface area contributed by atoms with Crippen molar-refractivity contribution in [2.24, 2.45) is 23.7 Å². The molecule has 8 heteroatoms. The van der Waals surface area contributed by atoms with Gasteiger partial charge >= 0.3 is 0 Å². The molecule has 2 bridgehead atoms. The van der Waals surface area contributed by atoms with Crippen molar-refractivity contribution in [1.82, 2.24) is 10.6 Å². The number of ether oxygens (including phenoxy) is 1. The maximum atomic E-state index is 13.6. The summed E-state index contributed by atoms with van der Waals surface area (Å²) in [6.45, 7) is 6.62. The van der Waals surface area contributed by atoms with Crippen molar-refractivity contribution in [3.8, 4) is 0 Å². The van der Waals surface area contributed by atoms with Gasteiger partial charge in [0.15, 0.2) is 11.6 Å². The first kappa shape index (κ1) is 32.2. The van der Waals surface area contributed by atoms with E-state index in [1.54, 1.807) is 0 Å². The van der Waals surface area contributed by atoms with Gasteiger partial charge in [0.1, 0.15) is 6.61 Å². The van der Waals surface area contributed by atoms with Crippen LogP contribution >= 0.6 is 0 Å². The number of fused-ring (bicyclic) bond motifs is 10. The van der Waals surface area contributed by atoms with Crippen LogP contribution in [0, 0.1) is 23.7 Å². The van der Waals surface area contributed by atoms with Crippen LogP contribution in [0.4, 0.5) is 0 Å². The van der Waals surface area contributed by atoms with Gasteiger partial charge in [-0.05, 0) is 56.8 Å². The van der Waals surface area contributed by atoms with E-state index in [0.717, 1.165) is 38.5 Å². The number of amides is 2. The van der Waals surface area contributed by atoms with Gasteiger partial charge in [-0.2, -0.15) is 0 Å². The molecule has 1 saturated heterocycles. The Hall–Kier alpha value is -2.06. The van der Waals surface area contributed by atoms with Crippen LogP contribution in [0.2, 0.25) is 0 Å². The number of hydrogen-bond acceptors (Lipinski definition) is 6. The Kier molecular flexibility index (Phi) is 14.8. The average Bonchev–Trinajstić information content (AvgIpc) is 2.90. The predicted octanol–water partition coefficient (Wildman–Crippen LogP) is 3.89. The molecular formula is C30H50N2O6. The minimum absolute atomic E-state index is 0.0115. The summed E-state index contributed by atoms with van der Waals surface area (Å²) >= 11 is 0. The lowest BCUT2D eigenvalue weighted by molar-refractivity contribution is -0.138. The van der Waals surface area contributed by atoms with E-state index in [2.05, 4.69) is 23.6 Å². The molecule has 38 heavy (non-hydrogen) atoms. The molecule has 3 rings (SSSR count). The Morgan fingerprint density at radius 1 is 1.08 bits per heavy atom. The molecule has 1 aliphatic carbocycles. The monoisotopic (exact) mass is 534 g/mol. The number of hydrogen-bond donors (Lipinski definition) is 3. The van der Waals surface area contributed by atoms with Crippen molar-refractivity contribution in [3.63, 3.8) is 0 Å². The van der Waals surface area contributed by atoms with Crippen LogP contribution in [0.3, 0.4) is 0 Å². The number of aliphatic hydroxyl groups excluding tert-OH is 1. The second-order valence-corrected chi connectivity index (χ2v) is 11.4. The van der Waals surface area contributed by atoms with E-state index in [9.17, 15) is 24.3 Å². The summed E-state index contributed by atoms with van der Waals surface area (Å²) < 4.78 is 6.00. The first-order valence-electron chi connectivity index (χ1n) is 14.8. The van der Waals surface area contributed by atoms with Gasteiger partial charge < -0.3 is 20.5 Å². The lowest BCUT2D eigenvalue weighted by Gasteiger charge is -2.31. The third kappa shape index (κ3) is 11.4. The van der Waals surface area contributed by atoms with Crippen molar-refractivity contribution >= 4 is 23.4 Å². The van der Waals surface area contributed by atoms with Gasteiger partial charge in [0.05, 0.1) is 12.1 Å². The number of ketones is 2. The zero-order valence-electron chi connectivity index (χ0n) is 23.7. The van der Waals surface area contributed by atoms with E-state index in [1.807, 2.05) is 19.9 Å². The largest absolute Gasteiger partial charge is 0.389 e. The van der Waals surface area contributed by atoms with Gasteiger partial charge in [-0.1, -0.05) is 52.2 Å². The second kappa shape index (κ2) is 17.5. The van der Waals surface area contributed by atoms with Gasteiger partial charge in [0, 0.05) is 37.8 Å². The summed E-state index contributed by atoms with van der Waals surface area (Å²) in [6.07, 6.45) is 12.2. The first-order chi connectivity index (χ1) is 18.2. The van der Waals surface area contributed by atoms with Gasteiger partial charge in [-0.3, -0.25) is 19.2 Å². The van der Waals surface area contributed by atoms with E-state index in [4.69, 9.17) is 4.74 Å². The number of aliphatic hydroxyl groups is 1. The molecular weight excluding hydrogens is 484 g/mol. The van der Waals surface area contributed by atoms with Crippen LogP contribution < -0.4 is 10.6 Å². The minimum atomic E-state index is -0.727. The highest BCUT2D eigenvalue weighted by Gasteiger charge is 2.36. The molecule has 3 aliphatic rings. The molecule has 0 radical (unpaired) electrons. The summed E-state index contributed by atoms with van der Waals surface area (Å²) in [5.74, 6) is -1.96. The maximum absolute atomic E-state index is 13.6. The fraction of sp³-hybridized carbons (Fsp3) is 0.800. The molecule has 0 saturated carbocycles. The van der Waals surface area contributed by atoms with E-state index >= 15 is 0 Å². The molecule has 2 heterocycles. The summed E-state index contributed by atoms with van der Waals surface area (Å²) in [5, 5.41) is 15.5. The number of carbonyl (C=O) groups is 4. The fourth-order valence-electron chi connectivity index (χ4n) is 5.52. The zero-order valence-corrected chi connectivity index (χ0v) is 23.7. The van der Waals surface area contributed by atoms with Crippen LogP contribution in [0.5, 0.6) is 0 Å². The van der Waals surface area contributed by atoms with Gasteiger partial charge in [-0.25, -0.2) is 0 Å². The predicted molar refractivity (Wildman–Crippen MR) is 147 cm³/mol. The van der Waals surface area contributed by atoms with Crippen LogP contribution in [0.1, 0.15) is 97.8 Å². The fourth-order valence-corrected chi connectivity index (χ4v) is 5.52. The minimum Gasteiger partial charge on any atom is -0.389 e. The van der Waals surface area contributed by atoms with E-state index in [0.29, 0.717) is 38.8 Å². The molecule has 0 aromatic rings. The molecule has 216 valence electrons. The van der Waals surface area contributed by atoms with Crippen molar-refractivity contribution in [3.05, 3.63) is 12.2 Å². The average molecular weight is 535 g/mol. The van der Waals surface area contributed by atoms with E-state index in [1.165, 1.54) is 0 Å². The van der Waals surface area contributed by atoms with Crippen molar-refractivity contribution in [1.29, 1.82) is 0 Å². The standard InChI is InChI=1S/C30H50N2O6/c1-4-5-6-7-16-31-29(36)15-14-27(34)26-19-22-10-12-23(13-11-22)38-17-8-9-24(28(35)20-33)25(18-21(2)3)30(37)32-26/h10,12,21-26,33H,4-9,11,13-20H2,1-3H3,(H,31,36)(H,32,37)/t22?,23-,24-,25+,26-/m0/s1. The first-order valence-corrected chi connectivity index (χ1v) is 14.8. The number of unbranched alkanes of at least 4 members (excludes halogenated alkanes) is 3. The molecule has 0 aromatic heterocycles. The summed E-state index contributed by atoms with van der Waals surface area (Å²) in [6, 6.07) is -0.727. The third-order valence-electron chi connectivity index (χ3n) is 7.72.